The van der Waals surface area contributed by atoms with Crippen LogP contribution in [0.15, 0.2) is 74.7 Å². The second-order valence-corrected chi connectivity index (χ2v) is 11.3. The van der Waals surface area contributed by atoms with Crippen LogP contribution in [0.1, 0.15) is 34.7 Å². The number of carbonyl (C=O) groups is 1. The highest BCUT2D eigenvalue weighted by molar-refractivity contribution is 9.10. The highest BCUT2D eigenvalue weighted by atomic mass is 79.9. The van der Waals surface area contributed by atoms with E-state index in [4.69, 9.17) is 19.6 Å². The van der Waals surface area contributed by atoms with E-state index in [2.05, 4.69) is 39.9 Å². The van der Waals surface area contributed by atoms with Crippen LogP contribution in [0.4, 0.5) is 0 Å². The summed E-state index contributed by atoms with van der Waals surface area (Å²) in [6, 6.07) is 17.5. The van der Waals surface area contributed by atoms with Gasteiger partial charge in [-0.2, -0.15) is 15.1 Å². The monoisotopic (exact) mass is 632 g/mol. The van der Waals surface area contributed by atoms with E-state index in [-0.39, 0.29) is 11.4 Å². The summed E-state index contributed by atoms with van der Waals surface area (Å²) in [4.78, 5) is 17.2. The lowest BCUT2D eigenvalue weighted by Crippen LogP contribution is -2.35. The zero-order valence-electron chi connectivity index (χ0n) is 23.2. The first-order valence-electron chi connectivity index (χ1n) is 13.1. The van der Waals surface area contributed by atoms with Gasteiger partial charge in [-0.05, 0) is 102 Å². The van der Waals surface area contributed by atoms with Gasteiger partial charge < -0.3 is 14.2 Å². The number of hydrogen-bond donors (Lipinski definition) is 1. The van der Waals surface area contributed by atoms with Crippen molar-refractivity contribution in [3.05, 3.63) is 92.5 Å². The Bertz CT molecular complexity index is 1620. The van der Waals surface area contributed by atoms with Gasteiger partial charge in [0.15, 0.2) is 17.3 Å². The van der Waals surface area contributed by atoms with Crippen molar-refractivity contribution in [2.45, 2.75) is 27.7 Å². The number of nitrogens with one attached hydrogen (secondary N) is 1. The Labute approximate surface area is 251 Å². The number of halogens is 1. The van der Waals surface area contributed by atoms with E-state index in [1.165, 1.54) is 27.9 Å². The predicted molar refractivity (Wildman–Crippen MR) is 168 cm³/mol. The maximum absolute atomic E-state index is 13.0. The maximum atomic E-state index is 13.0. The van der Waals surface area contributed by atoms with Crippen LogP contribution >= 0.6 is 27.7 Å². The van der Waals surface area contributed by atoms with E-state index < -0.39 is 5.91 Å². The number of hydrogen-bond acceptors (Lipinski definition) is 7. The number of benzene rings is 3. The number of fused-ring (bicyclic) bond motifs is 1. The lowest BCUT2D eigenvalue weighted by Gasteiger charge is -2.20. The molecular formula is C31H29BrN4O4S. The summed E-state index contributed by atoms with van der Waals surface area (Å²) in [6.07, 6.45) is 1.62. The average Bonchev–Trinajstić information content (AvgIpc) is 3.37. The van der Waals surface area contributed by atoms with Gasteiger partial charge in [-0.1, -0.05) is 35.9 Å². The van der Waals surface area contributed by atoms with Crippen LogP contribution < -0.4 is 14.2 Å². The fourth-order valence-electron chi connectivity index (χ4n) is 4.15. The van der Waals surface area contributed by atoms with E-state index >= 15 is 0 Å². The molecule has 0 bridgehead atoms. The predicted octanol–water partition coefficient (Wildman–Crippen LogP) is 6.90. The van der Waals surface area contributed by atoms with E-state index in [0.29, 0.717) is 51.6 Å². The van der Waals surface area contributed by atoms with Gasteiger partial charge >= 0.3 is 0 Å². The maximum Gasteiger partial charge on any atom is 0.283 e. The summed E-state index contributed by atoms with van der Waals surface area (Å²) in [5, 5.41) is 15.8. The molecule has 1 amide bonds. The van der Waals surface area contributed by atoms with Crippen molar-refractivity contribution in [2.24, 2.45) is 10.1 Å². The molecule has 0 radical (unpaired) electrons. The molecule has 2 aliphatic heterocycles. The van der Waals surface area contributed by atoms with Crippen LogP contribution in [0.25, 0.3) is 6.08 Å². The first kappa shape index (κ1) is 28.6. The topological polar surface area (TPSA) is 96.6 Å². The number of amidine groups is 2. The molecule has 0 aromatic heterocycles. The third kappa shape index (κ3) is 6.39. The molecule has 41 heavy (non-hydrogen) atoms. The van der Waals surface area contributed by atoms with Gasteiger partial charge in [-0.15, -0.1) is 0 Å². The molecular weight excluding hydrogens is 604 g/mol. The number of carbonyl (C=O) groups excluding carboxylic acids is 1. The summed E-state index contributed by atoms with van der Waals surface area (Å²) in [5.74, 6) is 1.31. The molecule has 1 N–H and O–H groups in total. The smallest absolute Gasteiger partial charge is 0.283 e. The minimum absolute atomic E-state index is 0.0347. The quantitative estimate of drug-likeness (QED) is 0.204. The van der Waals surface area contributed by atoms with Gasteiger partial charge in [0.25, 0.3) is 5.91 Å². The van der Waals surface area contributed by atoms with Crippen molar-refractivity contribution < 1.29 is 19.0 Å². The number of ether oxygens (including phenoxy) is 3. The molecule has 10 heteroatoms. The molecule has 5 rings (SSSR count). The first-order valence-corrected chi connectivity index (χ1v) is 14.7. The number of amides is 1. The van der Waals surface area contributed by atoms with Gasteiger partial charge in [0.2, 0.25) is 5.17 Å². The largest absolute Gasteiger partial charge is 0.490 e. The second kappa shape index (κ2) is 12.3. The number of thioether (sulfide) groups is 1. The summed E-state index contributed by atoms with van der Waals surface area (Å²) in [5.41, 5.74) is 5.21. The Morgan fingerprint density at radius 1 is 0.976 bits per heavy atom. The van der Waals surface area contributed by atoms with Gasteiger partial charge in [-0.3, -0.25) is 10.2 Å². The number of aryl methyl sites for hydroxylation is 3. The molecule has 210 valence electrons. The van der Waals surface area contributed by atoms with Crippen molar-refractivity contribution in [3.8, 4) is 17.2 Å². The summed E-state index contributed by atoms with van der Waals surface area (Å²) >= 11 is 4.86. The molecule has 2 heterocycles. The first-order chi connectivity index (χ1) is 19.7. The number of hydrazone groups is 1. The van der Waals surface area contributed by atoms with E-state index in [1.807, 2.05) is 62.4 Å². The van der Waals surface area contributed by atoms with Gasteiger partial charge in [0.05, 0.1) is 16.7 Å². The molecule has 0 spiro atoms. The summed E-state index contributed by atoms with van der Waals surface area (Å²) in [7, 11) is 0. The molecule has 8 nitrogen and oxygen atoms in total. The van der Waals surface area contributed by atoms with Crippen LogP contribution in [0.2, 0.25) is 0 Å². The van der Waals surface area contributed by atoms with Crippen molar-refractivity contribution in [1.82, 2.24) is 5.01 Å². The van der Waals surface area contributed by atoms with Crippen molar-refractivity contribution >= 4 is 55.7 Å². The van der Waals surface area contributed by atoms with E-state index in [0.717, 1.165) is 16.9 Å². The molecule has 0 saturated carbocycles. The fraction of sp³-hybridized carbons (Fsp3) is 0.226. The molecule has 0 saturated heterocycles. The second-order valence-electron chi connectivity index (χ2n) is 9.50. The van der Waals surface area contributed by atoms with Crippen LogP contribution in [-0.4, -0.2) is 46.8 Å². The van der Waals surface area contributed by atoms with Gasteiger partial charge in [0.1, 0.15) is 24.0 Å². The fourth-order valence-corrected chi connectivity index (χ4v) is 5.62. The molecule has 0 fully saturated rings. The number of aliphatic imine (C=N–C) groups is 1. The Morgan fingerprint density at radius 3 is 2.46 bits per heavy atom. The third-order valence-corrected chi connectivity index (χ3v) is 8.02. The molecule has 0 aliphatic carbocycles. The van der Waals surface area contributed by atoms with Crippen LogP contribution in [0, 0.1) is 26.2 Å². The van der Waals surface area contributed by atoms with Crippen molar-refractivity contribution in [2.75, 3.05) is 19.8 Å². The minimum Gasteiger partial charge on any atom is -0.490 e. The van der Waals surface area contributed by atoms with Crippen molar-refractivity contribution in [1.29, 1.82) is 5.41 Å². The normalized spacial score (nSPS) is 15.5. The Balaban J connectivity index is 1.33. The molecule has 0 atom stereocenters. The number of nitrogens with zero attached hydrogens (tertiary/aromatic N) is 3. The molecule has 0 unspecified atom stereocenters. The lowest BCUT2D eigenvalue weighted by molar-refractivity contribution is -0.114. The van der Waals surface area contributed by atoms with Crippen LogP contribution in [0.3, 0.4) is 0 Å². The minimum atomic E-state index is -0.494. The molecule has 2 aliphatic rings. The van der Waals surface area contributed by atoms with Gasteiger partial charge in [0, 0.05) is 5.56 Å². The SMILES string of the molecule is CCOc1cc(/C=C2/C(=N)N3N=C(c4ccc(C)cc4)SC3=NC2=O)cc(Br)c1OCCOc1ccc(C)c(C)c1. The van der Waals surface area contributed by atoms with Crippen LogP contribution in [-0.2, 0) is 4.79 Å². The van der Waals surface area contributed by atoms with E-state index in [1.54, 1.807) is 12.1 Å². The highest BCUT2D eigenvalue weighted by Crippen LogP contribution is 2.38. The Kier molecular flexibility index (Phi) is 8.60. The molecule has 3 aromatic carbocycles. The Morgan fingerprint density at radius 2 is 1.73 bits per heavy atom. The van der Waals surface area contributed by atoms with Crippen molar-refractivity contribution in [3.63, 3.8) is 0 Å². The summed E-state index contributed by atoms with van der Waals surface area (Å²) in [6.45, 7) is 9.10. The highest BCUT2D eigenvalue weighted by Gasteiger charge is 2.36. The molecule has 3 aromatic rings. The zero-order chi connectivity index (χ0) is 29.1. The average molecular weight is 634 g/mol. The van der Waals surface area contributed by atoms with Crippen LogP contribution in [0.5, 0.6) is 17.2 Å². The zero-order valence-corrected chi connectivity index (χ0v) is 25.6. The summed E-state index contributed by atoms with van der Waals surface area (Å²) < 4.78 is 18.4. The Hall–Kier alpha value is -3.89. The lowest BCUT2D eigenvalue weighted by atomic mass is 10.1. The van der Waals surface area contributed by atoms with Gasteiger partial charge in [-0.25, -0.2) is 0 Å². The standard InChI is InChI=1S/C31H29BrN4O4S/c1-5-38-26-17-21(16-25(32)27(26)40-13-12-39-23-11-8-19(3)20(4)14-23)15-24-28(33)36-31(34-29(24)37)41-30(35-36)22-9-6-18(2)7-10-22/h6-11,14-17,33H,5,12-13H2,1-4H3/b24-15-,33-28?. The van der Waals surface area contributed by atoms with E-state index in [9.17, 15) is 4.79 Å². The third-order valence-electron chi connectivity index (χ3n) is 6.47. The number of rotatable bonds is 9.